The number of ether oxygens (including phenoxy) is 2. The maximum atomic E-state index is 12.3. The Morgan fingerprint density at radius 2 is 1.57 bits per heavy atom. The van der Waals surface area contributed by atoms with Crippen LogP contribution in [0.3, 0.4) is 0 Å². The van der Waals surface area contributed by atoms with E-state index >= 15 is 0 Å². The summed E-state index contributed by atoms with van der Waals surface area (Å²) in [6.07, 6.45) is -1.32. The van der Waals surface area contributed by atoms with Crippen molar-refractivity contribution >= 4 is 33.8 Å². The van der Waals surface area contributed by atoms with Crippen LogP contribution >= 0.6 is 15.9 Å². The lowest BCUT2D eigenvalue weighted by Gasteiger charge is -2.16. The molecule has 1 atom stereocenters. The molecule has 23 heavy (non-hydrogen) atoms. The Balaban J connectivity index is 2.28. The summed E-state index contributed by atoms with van der Waals surface area (Å²) in [5.41, 5.74) is 0.684. The van der Waals surface area contributed by atoms with Gasteiger partial charge in [-0.3, -0.25) is 4.79 Å². The Morgan fingerprint density at radius 1 is 0.957 bits per heavy atom. The zero-order valence-corrected chi connectivity index (χ0v) is 13.8. The van der Waals surface area contributed by atoms with Crippen LogP contribution in [0.1, 0.15) is 28.9 Å². The van der Waals surface area contributed by atoms with E-state index in [2.05, 4.69) is 20.7 Å². The van der Waals surface area contributed by atoms with Crippen LogP contribution in [0.4, 0.5) is 0 Å². The third kappa shape index (κ3) is 4.50. The highest BCUT2D eigenvalue weighted by molar-refractivity contribution is 9.10. The molecule has 0 aliphatic rings. The van der Waals surface area contributed by atoms with E-state index in [1.807, 2.05) is 0 Å². The summed E-state index contributed by atoms with van der Waals surface area (Å²) >= 11 is 3.25. The van der Waals surface area contributed by atoms with Crippen LogP contribution in [-0.4, -0.2) is 17.9 Å². The van der Waals surface area contributed by atoms with Gasteiger partial charge in [-0.1, -0.05) is 42.5 Å². The minimum atomic E-state index is -1.32. The zero-order valence-electron chi connectivity index (χ0n) is 12.2. The molecule has 0 N–H and O–H groups in total. The summed E-state index contributed by atoms with van der Waals surface area (Å²) in [4.78, 5) is 35.4. The van der Waals surface area contributed by atoms with E-state index in [1.165, 1.54) is 0 Å². The minimum Gasteiger partial charge on any atom is -0.442 e. The maximum Gasteiger partial charge on any atom is 0.359 e. The lowest BCUT2D eigenvalue weighted by molar-refractivity contribution is -0.165. The smallest absolute Gasteiger partial charge is 0.359 e. The van der Waals surface area contributed by atoms with Crippen molar-refractivity contribution in [2.45, 2.75) is 13.0 Å². The molecule has 2 rings (SSSR count). The van der Waals surface area contributed by atoms with Crippen LogP contribution < -0.4 is 0 Å². The van der Waals surface area contributed by atoms with Gasteiger partial charge in [0.15, 0.2) is 0 Å². The predicted molar refractivity (Wildman–Crippen MR) is 85.5 cm³/mol. The van der Waals surface area contributed by atoms with Gasteiger partial charge in [-0.2, -0.15) is 0 Å². The van der Waals surface area contributed by atoms with Crippen molar-refractivity contribution in [3.8, 4) is 0 Å². The van der Waals surface area contributed by atoms with Crippen LogP contribution in [0.25, 0.3) is 0 Å². The first-order chi connectivity index (χ1) is 11.0. The summed E-state index contributed by atoms with van der Waals surface area (Å²) in [6, 6.07) is 15.0. The fourth-order valence-electron chi connectivity index (χ4n) is 1.87. The molecule has 118 valence electrons. The van der Waals surface area contributed by atoms with Crippen molar-refractivity contribution in [1.82, 2.24) is 0 Å². The van der Waals surface area contributed by atoms with Gasteiger partial charge in [0.1, 0.15) is 0 Å². The van der Waals surface area contributed by atoms with E-state index in [9.17, 15) is 14.4 Å². The predicted octanol–water partition coefficient (Wildman–Crippen LogP) is 3.44. The molecular formula is C17H13BrO5. The minimum absolute atomic E-state index is 0.268. The molecule has 0 heterocycles. The van der Waals surface area contributed by atoms with E-state index in [1.54, 1.807) is 54.6 Å². The summed E-state index contributed by atoms with van der Waals surface area (Å²) in [5, 5.41) is 0. The van der Waals surface area contributed by atoms with Crippen molar-refractivity contribution in [1.29, 1.82) is 0 Å². The van der Waals surface area contributed by atoms with Crippen molar-refractivity contribution in [3.63, 3.8) is 0 Å². The Labute approximate surface area is 141 Å². The molecule has 0 amide bonds. The molecule has 0 aliphatic heterocycles. The first kappa shape index (κ1) is 16.9. The van der Waals surface area contributed by atoms with Gasteiger partial charge in [-0.25, -0.2) is 9.59 Å². The number of esters is 3. The largest absolute Gasteiger partial charge is 0.442 e. The number of hydrogen-bond donors (Lipinski definition) is 0. The summed E-state index contributed by atoms with van der Waals surface area (Å²) in [6.45, 7) is 1.11. The lowest BCUT2D eigenvalue weighted by Crippen LogP contribution is -2.23. The Morgan fingerprint density at radius 3 is 2.17 bits per heavy atom. The maximum absolute atomic E-state index is 12.3. The Hall–Kier alpha value is -2.47. The van der Waals surface area contributed by atoms with Gasteiger partial charge in [0, 0.05) is 17.0 Å². The standard InChI is InChI=1S/C17H13BrO5/c1-11(19)22-17(21)15(12-7-3-2-4-8-12)23-16(20)13-9-5-6-10-14(13)18/h2-10,15H,1H3. The summed E-state index contributed by atoms with van der Waals surface area (Å²) in [7, 11) is 0. The van der Waals surface area contributed by atoms with Gasteiger partial charge in [-0.15, -0.1) is 0 Å². The highest BCUT2D eigenvalue weighted by Gasteiger charge is 2.28. The molecule has 2 aromatic rings. The second-order valence-electron chi connectivity index (χ2n) is 4.59. The van der Waals surface area contributed by atoms with E-state index in [-0.39, 0.29) is 5.56 Å². The van der Waals surface area contributed by atoms with Crippen molar-refractivity contribution in [3.05, 3.63) is 70.2 Å². The van der Waals surface area contributed by atoms with Gasteiger partial charge < -0.3 is 9.47 Å². The molecule has 2 aromatic carbocycles. The molecular weight excluding hydrogens is 364 g/mol. The van der Waals surface area contributed by atoms with Crippen molar-refractivity contribution in [2.24, 2.45) is 0 Å². The first-order valence-electron chi connectivity index (χ1n) is 6.71. The molecule has 6 heteroatoms. The third-order valence-corrected chi connectivity index (χ3v) is 3.57. The summed E-state index contributed by atoms with van der Waals surface area (Å²) in [5.74, 6) is -2.41. The second-order valence-corrected chi connectivity index (χ2v) is 5.44. The average Bonchev–Trinajstić information content (AvgIpc) is 2.53. The zero-order chi connectivity index (χ0) is 16.8. The van der Waals surface area contributed by atoms with Crippen molar-refractivity contribution < 1.29 is 23.9 Å². The molecule has 0 saturated heterocycles. The molecule has 5 nitrogen and oxygen atoms in total. The number of hydrogen-bond acceptors (Lipinski definition) is 5. The van der Waals surface area contributed by atoms with Crippen molar-refractivity contribution in [2.75, 3.05) is 0 Å². The number of halogens is 1. The van der Waals surface area contributed by atoms with E-state index in [4.69, 9.17) is 4.74 Å². The highest BCUT2D eigenvalue weighted by Crippen LogP contribution is 2.23. The normalized spacial score (nSPS) is 11.4. The monoisotopic (exact) mass is 376 g/mol. The second kappa shape index (κ2) is 7.69. The van der Waals surface area contributed by atoms with E-state index in [0.29, 0.717) is 10.0 Å². The number of carbonyl (C=O) groups is 3. The van der Waals surface area contributed by atoms with E-state index < -0.39 is 24.0 Å². The molecule has 0 radical (unpaired) electrons. The fraction of sp³-hybridized carbons (Fsp3) is 0.118. The fourth-order valence-corrected chi connectivity index (χ4v) is 2.32. The third-order valence-electron chi connectivity index (χ3n) is 2.88. The molecule has 0 aliphatic carbocycles. The quantitative estimate of drug-likeness (QED) is 0.603. The molecule has 1 unspecified atom stereocenters. The van der Waals surface area contributed by atoms with Crippen LogP contribution in [0.2, 0.25) is 0 Å². The number of rotatable bonds is 4. The topological polar surface area (TPSA) is 69.7 Å². The highest BCUT2D eigenvalue weighted by atomic mass is 79.9. The number of carbonyl (C=O) groups excluding carboxylic acids is 3. The molecule has 0 fully saturated rings. The van der Waals surface area contributed by atoms with E-state index in [0.717, 1.165) is 6.92 Å². The van der Waals surface area contributed by atoms with Crippen LogP contribution in [0, 0.1) is 0 Å². The Kier molecular flexibility index (Phi) is 5.65. The average molecular weight is 377 g/mol. The van der Waals surface area contributed by atoms with Gasteiger partial charge in [0.2, 0.25) is 6.10 Å². The van der Waals surface area contributed by atoms with Gasteiger partial charge >= 0.3 is 17.9 Å². The molecule has 0 bridgehead atoms. The van der Waals surface area contributed by atoms with Gasteiger partial charge in [-0.05, 0) is 28.1 Å². The van der Waals surface area contributed by atoms with Crippen LogP contribution in [0.5, 0.6) is 0 Å². The summed E-state index contributed by atoms with van der Waals surface area (Å²) < 4.78 is 10.4. The van der Waals surface area contributed by atoms with Crippen LogP contribution in [0.15, 0.2) is 59.1 Å². The van der Waals surface area contributed by atoms with Gasteiger partial charge in [0.25, 0.3) is 0 Å². The molecule has 0 saturated carbocycles. The number of benzene rings is 2. The molecule has 0 aromatic heterocycles. The first-order valence-corrected chi connectivity index (χ1v) is 7.51. The van der Waals surface area contributed by atoms with Crippen LogP contribution in [-0.2, 0) is 19.1 Å². The Bertz CT molecular complexity index is 727. The molecule has 0 spiro atoms. The SMILES string of the molecule is CC(=O)OC(=O)C(OC(=O)c1ccccc1Br)c1ccccc1. The van der Waals surface area contributed by atoms with Gasteiger partial charge in [0.05, 0.1) is 5.56 Å². The lowest BCUT2D eigenvalue weighted by atomic mass is 10.1.